The summed E-state index contributed by atoms with van der Waals surface area (Å²) in [5.41, 5.74) is 0.972. The fraction of sp³-hybridized carbons (Fsp3) is 0. The van der Waals surface area contributed by atoms with E-state index in [4.69, 9.17) is 0 Å². The second-order valence-electron chi connectivity index (χ2n) is 4.80. The zero-order valence-electron chi connectivity index (χ0n) is 12.5. The van der Waals surface area contributed by atoms with Crippen LogP contribution in [0.1, 0.15) is 10.4 Å². The molecule has 25 heavy (non-hydrogen) atoms. The summed E-state index contributed by atoms with van der Waals surface area (Å²) in [7, 11) is 0. The van der Waals surface area contributed by atoms with Gasteiger partial charge >= 0.3 is 0 Å². The molecule has 1 N–H and O–H groups in total. The van der Waals surface area contributed by atoms with Crippen molar-refractivity contribution in [1.29, 1.82) is 0 Å². The number of carbonyl (C=O) groups is 1. The van der Waals surface area contributed by atoms with Crippen LogP contribution in [0.2, 0.25) is 0 Å². The number of hydrogen-bond donors (Lipinski definition) is 1. The maximum absolute atomic E-state index is 12.7. The van der Waals surface area contributed by atoms with Crippen molar-refractivity contribution < 1.29 is 9.72 Å². The number of nitrogens with zero attached hydrogens (tertiary/aromatic N) is 2. The molecule has 0 aliphatic carbocycles. The van der Waals surface area contributed by atoms with E-state index in [1.165, 1.54) is 34.8 Å². The quantitative estimate of drug-likeness (QED) is 0.344. The van der Waals surface area contributed by atoms with Gasteiger partial charge in [0.15, 0.2) is 5.13 Å². The number of hydrogen-bond acceptors (Lipinski definition) is 6. The third-order valence-corrected chi connectivity index (χ3v) is 5.37. The molecule has 0 aliphatic rings. The number of carbonyl (C=O) groups excluding carboxylic acids is 1. The number of aromatic nitrogens is 1. The molecule has 3 rings (SSSR count). The van der Waals surface area contributed by atoms with Gasteiger partial charge < -0.3 is 0 Å². The Kier molecular flexibility index (Phi) is 5.37. The van der Waals surface area contributed by atoms with Crippen LogP contribution < -0.4 is 5.32 Å². The Hall–Kier alpha value is -2.36. The smallest absolute Gasteiger partial charge is 0.269 e. The first kappa shape index (κ1) is 17.5. The number of nitro groups is 1. The molecule has 3 aromatic rings. The Bertz CT molecular complexity index is 934. The molecule has 0 fully saturated rings. The lowest BCUT2D eigenvalue weighted by Gasteiger charge is -2.07. The van der Waals surface area contributed by atoms with E-state index in [9.17, 15) is 14.9 Å². The molecule has 1 amide bonds. The summed E-state index contributed by atoms with van der Waals surface area (Å²) >= 11 is 6.10. The summed E-state index contributed by atoms with van der Waals surface area (Å²) in [6.07, 6.45) is 3.36. The van der Waals surface area contributed by atoms with Crippen LogP contribution in [-0.2, 0) is 4.79 Å². The molecule has 2 aromatic heterocycles. The second kappa shape index (κ2) is 7.68. The Balaban J connectivity index is 1.94. The van der Waals surface area contributed by atoms with Crippen molar-refractivity contribution in [2.75, 3.05) is 5.32 Å². The fourth-order valence-electron chi connectivity index (χ4n) is 2.04. The van der Waals surface area contributed by atoms with Crippen LogP contribution in [-0.4, -0.2) is 15.8 Å². The van der Waals surface area contributed by atoms with Crippen molar-refractivity contribution in [3.63, 3.8) is 0 Å². The highest BCUT2D eigenvalue weighted by Gasteiger charge is 2.16. The Morgan fingerprint density at radius 2 is 2.04 bits per heavy atom. The van der Waals surface area contributed by atoms with E-state index in [1.54, 1.807) is 24.4 Å². The lowest BCUT2D eigenvalue weighted by molar-refractivity contribution is -0.384. The van der Waals surface area contributed by atoms with Crippen LogP contribution in [0.15, 0.2) is 51.8 Å². The van der Waals surface area contributed by atoms with Crippen LogP contribution in [0, 0.1) is 10.1 Å². The van der Waals surface area contributed by atoms with Gasteiger partial charge in [0.1, 0.15) is 0 Å². The van der Waals surface area contributed by atoms with E-state index in [-0.39, 0.29) is 11.6 Å². The van der Waals surface area contributed by atoms with Crippen LogP contribution in [0.25, 0.3) is 11.6 Å². The van der Waals surface area contributed by atoms with Gasteiger partial charge in [0.2, 0.25) is 0 Å². The zero-order valence-corrected chi connectivity index (χ0v) is 15.7. The number of amides is 1. The van der Waals surface area contributed by atoms with E-state index in [0.29, 0.717) is 16.3 Å². The van der Waals surface area contributed by atoms with Crippen molar-refractivity contribution in [2.45, 2.75) is 0 Å². The van der Waals surface area contributed by atoms with Gasteiger partial charge in [-0.2, -0.15) is 0 Å². The minimum atomic E-state index is -0.473. The molecule has 9 heteroatoms. The summed E-state index contributed by atoms with van der Waals surface area (Å²) in [5.74, 6) is -0.330. The van der Waals surface area contributed by atoms with Crippen LogP contribution >= 0.6 is 38.6 Å². The summed E-state index contributed by atoms with van der Waals surface area (Å²) in [4.78, 5) is 28.1. The normalized spacial score (nSPS) is 11.3. The third kappa shape index (κ3) is 4.38. The van der Waals surface area contributed by atoms with E-state index in [0.717, 1.165) is 8.66 Å². The lowest BCUT2D eigenvalue weighted by atomic mass is 10.0. The third-order valence-electron chi connectivity index (χ3n) is 3.16. The zero-order chi connectivity index (χ0) is 17.8. The minimum Gasteiger partial charge on any atom is -0.298 e. The largest absolute Gasteiger partial charge is 0.298 e. The average molecular weight is 436 g/mol. The molecule has 1 aromatic carbocycles. The maximum Gasteiger partial charge on any atom is 0.269 e. The highest BCUT2D eigenvalue weighted by atomic mass is 79.9. The highest BCUT2D eigenvalue weighted by molar-refractivity contribution is 9.11. The standard InChI is InChI=1S/C16H10BrN3O3S2/c17-14-9-18-16(25-14)19-15(21)13(8-12-2-1-7-24-12)10-3-5-11(6-4-10)20(22)23/h1-9H,(H,18,19,21)/b13-8+. The molecule has 126 valence electrons. The van der Waals surface area contributed by atoms with Gasteiger partial charge in [-0.3, -0.25) is 20.2 Å². The number of halogens is 1. The van der Waals surface area contributed by atoms with E-state index in [1.807, 2.05) is 17.5 Å². The highest BCUT2D eigenvalue weighted by Crippen LogP contribution is 2.27. The predicted molar refractivity (Wildman–Crippen MR) is 104 cm³/mol. The number of thiophene rings is 1. The molecule has 0 saturated carbocycles. The number of benzene rings is 1. The first-order chi connectivity index (χ1) is 12.0. The van der Waals surface area contributed by atoms with Crippen molar-refractivity contribution in [1.82, 2.24) is 4.98 Å². The molecule has 6 nitrogen and oxygen atoms in total. The fourth-order valence-corrected chi connectivity index (χ4v) is 3.79. The second-order valence-corrected chi connectivity index (χ2v) is 8.19. The molecule has 0 aliphatic heterocycles. The average Bonchev–Trinajstić information content (AvgIpc) is 3.24. The summed E-state index contributed by atoms with van der Waals surface area (Å²) < 4.78 is 0.807. The number of thiazole rings is 1. The van der Waals surface area contributed by atoms with Gasteiger partial charge in [-0.05, 0) is 51.1 Å². The molecular weight excluding hydrogens is 426 g/mol. The summed E-state index contributed by atoms with van der Waals surface area (Å²) in [6.45, 7) is 0. The molecule has 0 saturated heterocycles. The van der Waals surface area contributed by atoms with E-state index in [2.05, 4.69) is 26.2 Å². The van der Waals surface area contributed by atoms with Gasteiger partial charge in [0, 0.05) is 22.6 Å². The van der Waals surface area contributed by atoms with Crippen LogP contribution in [0.4, 0.5) is 10.8 Å². The van der Waals surface area contributed by atoms with E-state index >= 15 is 0 Å². The van der Waals surface area contributed by atoms with Gasteiger partial charge in [-0.25, -0.2) is 4.98 Å². The van der Waals surface area contributed by atoms with Gasteiger partial charge in [0.25, 0.3) is 11.6 Å². The number of anilines is 1. The minimum absolute atomic E-state index is 0.0246. The molecule has 0 radical (unpaired) electrons. The summed E-state index contributed by atoms with van der Waals surface area (Å²) in [5, 5.41) is 16.0. The predicted octanol–water partition coefficient (Wildman–Crippen LogP) is 5.05. The molecule has 0 unspecified atom stereocenters. The number of rotatable bonds is 5. The SMILES string of the molecule is O=C(Nc1ncc(Br)s1)/C(=C/c1cccs1)c1ccc([N+](=O)[O-])cc1. The van der Waals surface area contributed by atoms with Crippen molar-refractivity contribution in [3.8, 4) is 0 Å². The first-order valence-corrected chi connectivity index (χ1v) is 9.44. The number of nitro benzene ring substituents is 1. The molecule has 0 bridgehead atoms. The Morgan fingerprint density at radius 3 is 2.60 bits per heavy atom. The van der Waals surface area contributed by atoms with Crippen LogP contribution in [0.5, 0.6) is 0 Å². The topological polar surface area (TPSA) is 85.1 Å². The lowest BCUT2D eigenvalue weighted by Crippen LogP contribution is -2.13. The molecule has 0 atom stereocenters. The van der Waals surface area contributed by atoms with Crippen LogP contribution in [0.3, 0.4) is 0 Å². The van der Waals surface area contributed by atoms with Crippen molar-refractivity contribution in [3.05, 3.63) is 72.3 Å². The van der Waals surface area contributed by atoms with Crippen molar-refractivity contribution in [2.24, 2.45) is 0 Å². The number of non-ortho nitro benzene ring substituents is 1. The Labute approximate surface area is 159 Å². The Morgan fingerprint density at radius 1 is 1.28 bits per heavy atom. The number of nitrogens with one attached hydrogen (secondary N) is 1. The van der Waals surface area contributed by atoms with Gasteiger partial charge in [0.05, 0.1) is 14.9 Å². The van der Waals surface area contributed by atoms with Gasteiger partial charge in [-0.15, -0.1) is 11.3 Å². The van der Waals surface area contributed by atoms with E-state index < -0.39 is 4.92 Å². The molecule has 2 heterocycles. The molecule has 0 spiro atoms. The maximum atomic E-state index is 12.7. The van der Waals surface area contributed by atoms with Crippen molar-refractivity contribution >= 4 is 67.0 Å². The first-order valence-electron chi connectivity index (χ1n) is 6.95. The summed E-state index contributed by atoms with van der Waals surface area (Å²) in [6, 6.07) is 9.67. The monoisotopic (exact) mass is 435 g/mol. The van der Waals surface area contributed by atoms with Gasteiger partial charge in [-0.1, -0.05) is 17.4 Å². The molecular formula is C16H10BrN3O3S2.